The molecule has 106 valence electrons. The number of alkyl halides is 3. The molecule has 0 fully saturated rings. The van der Waals surface area contributed by atoms with Crippen LogP contribution in [0.4, 0.5) is 17.6 Å². The highest BCUT2D eigenvalue weighted by atomic mass is 19.4. The summed E-state index contributed by atoms with van der Waals surface area (Å²) in [6, 6.07) is 5.27. The van der Waals surface area contributed by atoms with Crippen molar-refractivity contribution >= 4 is 0 Å². The van der Waals surface area contributed by atoms with Crippen LogP contribution in [0.25, 0.3) is 11.1 Å². The number of halogens is 4. The Morgan fingerprint density at radius 2 is 1.80 bits per heavy atom. The predicted octanol–water partition coefficient (Wildman–Crippen LogP) is 3.28. The van der Waals surface area contributed by atoms with Crippen LogP contribution in [0.1, 0.15) is 5.56 Å². The molecule has 20 heavy (non-hydrogen) atoms. The molecule has 0 amide bonds. The number of aromatic nitrogens is 1. The van der Waals surface area contributed by atoms with Crippen LogP contribution >= 0.6 is 0 Å². The maximum absolute atomic E-state index is 13.5. The molecule has 3 nitrogen and oxygen atoms in total. The van der Waals surface area contributed by atoms with Crippen molar-refractivity contribution in [2.75, 3.05) is 0 Å². The van der Waals surface area contributed by atoms with E-state index in [0.29, 0.717) is 0 Å². The van der Waals surface area contributed by atoms with Crippen molar-refractivity contribution < 1.29 is 27.4 Å². The lowest BCUT2D eigenvalue weighted by atomic mass is 10.0. The van der Waals surface area contributed by atoms with Gasteiger partial charge in [-0.1, -0.05) is 18.2 Å². The van der Waals surface area contributed by atoms with Gasteiger partial charge in [-0.2, -0.15) is 0 Å². The Morgan fingerprint density at radius 1 is 1.10 bits per heavy atom. The van der Waals surface area contributed by atoms with Gasteiger partial charge in [0.2, 0.25) is 0 Å². The van der Waals surface area contributed by atoms with Gasteiger partial charge in [-0.05, 0) is 6.07 Å². The summed E-state index contributed by atoms with van der Waals surface area (Å²) in [5, 5.41) is 9.15. The average Bonchev–Trinajstić information content (AvgIpc) is 2.37. The molecule has 2 rings (SSSR count). The van der Waals surface area contributed by atoms with E-state index in [0.717, 1.165) is 12.3 Å². The Kier molecular flexibility index (Phi) is 3.89. The van der Waals surface area contributed by atoms with Gasteiger partial charge in [0.05, 0.1) is 12.8 Å². The highest BCUT2D eigenvalue weighted by Crippen LogP contribution is 2.35. The third-order valence-corrected chi connectivity index (χ3v) is 2.57. The van der Waals surface area contributed by atoms with Crippen LogP contribution in [0.3, 0.4) is 0 Å². The third-order valence-electron chi connectivity index (χ3n) is 2.57. The van der Waals surface area contributed by atoms with E-state index >= 15 is 0 Å². The summed E-state index contributed by atoms with van der Waals surface area (Å²) in [5.41, 5.74) is -0.0913. The summed E-state index contributed by atoms with van der Waals surface area (Å²) < 4.78 is 54.4. The number of hydrogen-bond donors (Lipinski definition) is 1. The number of nitrogens with zero attached hydrogens (tertiary/aromatic N) is 1. The molecule has 0 saturated carbocycles. The molecule has 1 aromatic heterocycles. The molecule has 0 unspecified atom stereocenters. The molecule has 0 atom stereocenters. The minimum Gasteiger partial charge on any atom is -0.405 e. The van der Waals surface area contributed by atoms with E-state index in [2.05, 4.69) is 9.72 Å². The number of para-hydroxylation sites is 1. The molecule has 2 aromatic rings. The normalized spacial score (nSPS) is 11.4. The smallest absolute Gasteiger partial charge is 0.405 e. The molecule has 0 saturated heterocycles. The van der Waals surface area contributed by atoms with Crippen molar-refractivity contribution in [1.29, 1.82) is 0 Å². The number of ether oxygens (including phenoxy) is 1. The van der Waals surface area contributed by atoms with E-state index in [1.807, 2.05) is 0 Å². The Labute approximate surface area is 111 Å². The van der Waals surface area contributed by atoms with Crippen LogP contribution in [-0.2, 0) is 6.61 Å². The number of benzene rings is 1. The summed E-state index contributed by atoms with van der Waals surface area (Å²) in [6.07, 6.45) is -2.81. The lowest BCUT2D eigenvalue weighted by Crippen LogP contribution is -2.17. The molecule has 0 spiro atoms. The largest absolute Gasteiger partial charge is 0.573 e. The quantitative estimate of drug-likeness (QED) is 0.881. The van der Waals surface area contributed by atoms with Gasteiger partial charge in [-0.25, -0.2) is 4.39 Å². The van der Waals surface area contributed by atoms with E-state index in [1.54, 1.807) is 0 Å². The first kappa shape index (κ1) is 14.3. The van der Waals surface area contributed by atoms with Crippen LogP contribution in [0.5, 0.6) is 5.75 Å². The molecule has 0 aliphatic rings. The molecule has 1 aromatic carbocycles. The number of aliphatic hydroxyl groups is 1. The van der Waals surface area contributed by atoms with E-state index in [1.165, 1.54) is 24.4 Å². The van der Waals surface area contributed by atoms with Crippen LogP contribution < -0.4 is 4.74 Å². The second-order valence-corrected chi connectivity index (χ2v) is 3.85. The highest BCUT2D eigenvalue weighted by Gasteiger charge is 2.32. The zero-order chi connectivity index (χ0) is 14.8. The first-order valence-corrected chi connectivity index (χ1v) is 5.51. The van der Waals surface area contributed by atoms with Crippen molar-refractivity contribution in [2.45, 2.75) is 13.0 Å². The fraction of sp³-hybridized carbons (Fsp3) is 0.154. The summed E-state index contributed by atoms with van der Waals surface area (Å²) in [6.45, 7) is -0.663. The van der Waals surface area contributed by atoms with Crippen LogP contribution in [0.15, 0.2) is 36.7 Å². The Hall–Kier alpha value is -2.15. The first-order valence-electron chi connectivity index (χ1n) is 5.51. The zero-order valence-electron chi connectivity index (χ0n) is 9.99. The lowest BCUT2D eigenvalue weighted by molar-refractivity contribution is -0.274. The van der Waals surface area contributed by atoms with Crippen LogP contribution in [0.2, 0.25) is 0 Å². The van der Waals surface area contributed by atoms with E-state index in [4.69, 9.17) is 5.11 Å². The minimum absolute atomic E-state index is 0.000810. The molecular weight excluding hydrogens is 278 g/mol. The van der Waals surface area contributed by atoms with Crippen LogP contribution in [0, 0.1) is 5.82 Å². The van der Waals surface area contributed by atoms with Crippen molar-refractivity contribution in [2.24, 2.45) is 0 Å². The minimum atomic E-state index is -4.86. The van der Waals surface area contributed by atoms with Gasteiger partial charge in [0.25, 0.3) is 0 Å². The van der Waals surface area contributed by atoms with Crippen molar-refractivity contribution in [3.8, 4) is 16.9 Å². The second kappa shape index (κ2) is 5.46. The summed E-state index contributed by atoms with van der Waals surface area (Å²) in [7, 11) is 0. The molecule has 1 N–H and O–H groups in total. The summed E-state index contributed by atoms with van der Waals surface area (Å²) in [4.78, 5) is 3.58. The third kappa shape index (κ3) is 3.05. The SMILES string of the molecule is OCc1c(F)cncc1-c1ccccc1OC(F)(F)F. The van der Waals surface area contributed by atoms with Gasteiger partial charge < -0.3 is 9.84 Å². The Bertz CT molecular complexity index is 614. The average molecular weight is 287 g/mol. The molecule has 0 aliphatic carbocycles. The van der Waals surface area contributed by atoms with Gasteiger partial charge in [0.1, 0.15) is 11.6 Å². The Morgan fingerprint density at radius 3 is 2.45 bits per heavy atom. The van der Waals surface area contributed by atoms with Gasteiger partial charge in [-0.3, -0.25) is 4.98 Å². The van der Waals surface area contributed by atoms with Gasteiger partial charge in [0.15, 0.2) is 0 Å². The fourth-order valence-electron chi connectivity index (χ4n) is 1.76. The van der Waals surface area contributed by atoms with E-state index < -0.39 is 24.5 Å². The molecule has 1 heterocycles. The zero-order valence-corrected chi connectivity index (χ0v) is 9.99. The standard InChI is InChI=1S/C13H9F4NO2/c14-11-6-18-5-9(10(11)7-19)8-3-1-2-4-12(8)20-13(15,16)17/h1-6,19H,7H2. The Balaban J connectivity index is 2.56. The maximum atomic E-state index is 13.5. The van der Waals surface area contributed by atoms with Gasteiger partial charge >= 0.3 is 6.36 Å². The van der Waals surface area contributed by atoms with Gasteiger partial charge in [0, 0.05) is 22.9 Å². The lowest BCUT2D eigenvalue weighted by Gasteiger charge is -2.15. The highest BCUT2D eigenvalue weighted by molar-refractivity contribution is 5.72. The number of aliphatic hydroxyl groups excluding tert-OH is 1. The number of pyridine rings is 1. The molecule has 0 radical (unpaired) electrons. The van der Waals surface area contributed by atoms with E-state index in [9.17, 15) is 17.6 Å². The predicted molar refractivity (Wildman–Crippen MR) is 62.2 cm³/mol. The summed E-state index contributed by atoms with van der Waals surface area (Å²) >= 11 is 0. The topological polar surface area (TPSA) is 42.4 Å². The van der Waals surface area contributed by atoms with Crippen molar-refractivity contribution in [3.63, 3.8) is 0 Å². The fourth-order valence-corrected chi connectivity index (χ4v) is 1.76. The molecular formula is C13H9F4NO2. The van der Waals surface area contributed by atoms with Crippen molar-refractivity contribution in [1.82, 2.24) is 4.98 Å². The van der Waals surface area contributed by atoms with Crippen LogP contribution in [-0.4, -0.2) is 16.5 Å². The van der Waals surface area contributed by atoms with E-state index in [-0.39, 0.29) is 16.7 Å². The molecule has 7 heteroatoms. The number of hydrogen-bond acceptors (Lipinski definition) is 3. The van der Waals surface area contributed by atoms with Crippen molar-refractivity contribution in [3.05, 3.63) is 48.0 Å². The first-order chi connectivity index (χ1) is 9.42. The van der Waals surface area contributed by atoms with Gasteiger partial charge in [-0.15, -0.1) is 13.2 Å². The monoisotopic (exact) mass is 287 g/mol. The number of rotatable bonds is 3. The summed E-state index contributed by atoms with van der Waals surface area (Å²) in [5.74, 6) is -1.28. The molecule has 0 aliphatic heterocycles. The maximum Gasteiger partial charge on any atom is 0.573 e. The molecule has 0 bridgehead atoms. The second-order valence-electron chi connectivity index (χ2n) is 3.85.